The van der Waals surface area contributed by atoms with E-state index in [4.69, 9.17) is 5.73 Å². The van der Waals surface area contributed by atoms with Gasteiger partial charge in [0.1, 0.15) is 4.88 Å². The molecule has 0 saturated carbocycles. The summed E-state index contributed by atoms with van der Waals surface area (Å²) in [7, 11) is 1.54. The maximum absolute atomic E-state index is 12.0. The number of amides is 2. The first-order valence-corrected chi connectivity index (χ1v) is 5.81. The number of rotatable bonds is 4. The highest BCUT2D eigenvalue weighted by Crippen LogP contribution is 2.20. The van der Waals surface area contributed by atoms with Crippen LogP contribution >= 0.6 is 11.3 Å². The van der Waals surface area contributed by atoms with Gasteiger partial charge < -0.3 is 16.0 Å². The van der Waals surface area contributed by atoms with Gasteiger partial charge in [0.05, 0.1) is 12.2 Å². The molecular formula is C10H15N3O2S. The molecule has 0 atom stereocenters. The van der Waals surface area contributed by atoms with Crippen LogP contribution in [0.1, 0.15) is 16.6 Å². The van der Waals surface area contributed by atoms with Crippen LogP contribution in [-0.2, 0) is 4.79 Å². The molecule has 1 heterocycles. The molecule has 1 aromatic heterocycles. The number of hydrogen-bond donors (Lipinski definition) is 2. The fraction of sp³-hybridized carbons (Fsp3) is 0.400. The molecule has 2 amide bonds. The third-order valence-electron chi connectivity index (χ3n) is 2.17. The zero-order valence-corrected chi connectivity index (χ0v) is 10.1. The van der Waals surface area contributed by atoms with E-state index in [2.05, 4.69) is 5.32 Å². The maximum atomic E-state index is 12.0. The average Bonchev–Trinajstić information content (AvgIpc) is 2.71. The minimum atomic E-state index is -0.196. The summed E-state index contributed by atoms with van der Waals surface area (Å²) < 4.78 is 0. The molecule has 0 fully saturated rings. The molecule has 0 saturated heterocycles. The number of anilines is 1. The highest BCUT2D eigenvalue weighted by atomic mass is 32.1. The molecule has 16 heavy (non-hydrogen) atoms. The van der Waals surface area contributed by atoms with Crippen LogP contribution in [0.3, 0.4) is 0 Å². The topological polar surface area (TPSA) is 75.4 Å². The number of nitrogen functional groups attached to an aromatic ring is 1. The van der Waals surface area contributed by atoms with E-state index < -0.39 is 0 Å². The summed E-state index contributed by atoms with van der Waals surface area (Å²) in [6.45, 7) is 2.36. The van der Waals surface area contributed by atoms with Crippen LogP contribution in [0, 0.1) is 0 Å². The smallest absolute Gasteiger partial charge is 0.266 e. The van der Waals surface area contributed by atoms with Crippen LogP contribution in [0.25, 0.3) is 0 Å². The van der Waals surface area contributed by atoms with Crippen LogP contribution in [0.4, 0.5) is 5.69 Å². The third kappa shape index (κ3) is 2.73. The van der Waals surface area contributed by atoms with Crippen molar-refractivity contribution in [2.45, 2.75) is 6.92 Å². The van der Waals surface area contributed by atoms with Gasteiger partial charge in [0.25, 0.3) is 5.91 Å². The minimum absolute atomic E-state index is 0.0587. The second kappa shape index (κ2) is 5.50. The Hall–Kier alpha value is -1.56. The normalized spacial score (nSPS) is 9.88. The number of likely N-dealkylation sites (N-methyl/N-ethyl adjacent to an activating group) is 2. The molecule has 3 N–H and O–H groups in total. The van der Waals surface area contributed by atoms with Gasteiger partial charge in [-0.05, 0) is 18.4 Å². The van der Waals surface area contributed by atoms with Gasteiger partial charge in [0.15, 0.2) is 0 Å². The predicted molar refractivity (Wildman–Crippen MR) is 64.4 cm³/mol. The number of carbonyl (C=O) groups is 2. The summed E-state index contributed by atoms with van der Waals surface area (Å²) in [4.78, 5) is 25.1. The van der Waals surface area contributed by atoms with Gasteiger partial charge in [-0.25, -0.2) is 0 Å². The maximum Gasteiger partial charge on any atom is 0.266 e. The lowest BCUT2D eigenvalue weighted by atomic mass is 10.3. The van der Waals surface area contributed by atoms with Crippen molar-refractivity contribution in [3.8, 4) is 0 Å². The molecule has 0 spiro atoms. The van der Waals surface area contributed by atoms with E-state index in [9.17, 15) is 9.59 Å². The van der Waals surface area contributed by atoms with Gasteiger partial charge in [-0.15, -0.1) is 11.3 Å². The van der Waals surface area contributed by atoms with E-state index in [1.807, 2.05) is 6.92 Å². The number of hydrogen-bond acceptors (Lipinski definition) is 4. The molecule has 0 aliphatic rings. The average molecular weight is 241 g/mol. The summed E-state index contributed by atoms with van der Waals surface area (Å²) in [6, 6.07) is 1.69. The summed E-state index contributed by atoms with van der Waals surface area (Å²) in [5.74, 6) is -0.385. The van der Waals surface area contributed by atoms with Crippen LogP contribution in [0.15, 0.2) is 11.4 Å². The molecular weight excluding hydrogens is 226 g/mol. The van der Waals surface area contributed by atoms with Gasteiger partial charge in [-0.1, -0.05) is 0 Å². The first-order valence-electron chi connectivity index (χ1n) is 4.93. The summed E-state index contributed by atoms with van der Waals surface area (Å²) in [5, 5.41) is 4.24. The fourth-order valence-corrected chi connectivity index (χ4v) is 2.00. The second-order valence-corrected chi connectivity index (χ2v) is 4.11. The van der Waals surface area contributed by atoms with Crippen molar-refractivity contribution in [3.05, 3.63) is 16.3 Å². The van der Waals surface area contributed by atoms with Crippen molar-refractivity contribution < 1.29 is 9.59 Å². The van der Waals surface area contributed by atoms with E-state index in [1.165, 1.54) is 16.2 Å². The number of nitrogens with one attached hydrogen (secondary N) is 1. The van der Waals surface area contributed by atoms with E-state index in [0.717, 1.165) is 0 Å². The Morgan fingerprint density at radius 1 is 1.56 bits per heavy atom. The first kappa shape index (κ1) is 12.5. The zero-order valence-electron chi connectivity index (χ0n) is 9.32. The number of nitrogens with two attached hydrogens (primary N) is 1. The largest absolute Gasteiger partial charge is 0.397 e. The molecule has 0 radical (unpaired) electrons. The van der Waals surface area contributed by atoms with Gasteiger partial charge in [-0.3, -0.25) is 9.59 Å². The van der Waals surface area contributed by atoms with Crippen molar-refractivity contribution in [3.63, 3.8) is 0 Å². The molecule has 0 unspecified atom stereocenters. The molecule has 0 aromatic carbocycles. The number of carbonyl (C=O) groups excluding carboxylic acids is 2. The summed E-state index contributed by atoms with van der Waals surface area (Å²) >= 11 is 1.29. The Morgan fingerprint density at radius 3 is 2.69 bits per heavy atom. The van der Waals surface area contributed by atoms with Gasteiger partial charge in [0.2, 0.25) is 5.91 Å². The Balaban J connectivity index is 2.78. The van der Waals surface area contributed by atoms with Crippen LogP contribution in [-0.4, -0.2) is 36.9 Å². The monoisotopic (exact) mass is 241 g/mol. The van der Waals surface area contributed by atoms with Crippen LogP contribution in [0.2, 0.25) is 0 Å². The third-order valence-corrected chi connectivity index (χ3v) is 3.09. The molecule has 0 aliphatic carbocycles. The van der Waals surface area contributed by atoms with Crippen LogP contribution in [0.5, 0.6) is 0 Å². The van der Waals surface area contributed by atoms with Gasteiger partial charge >= 0.3 is 0 Å². The molecule has 0 bridgehead atoms. The summed E-state index contributed by atoms with van der Waals surface area (Å²) in [5.41, 5.74) is 6.12. The Bertz CT molecular complexity index is 389. The molecule has 88 valence electrons. The van der Waals surface area contributed by atoms with E-state index in [-0.39, 0.29) is 18.4 Å². The Labute approximate surface area is 98.2 Å². The lowest BCUT2D eigenvalue weighted by molar-refractivity contribution is -0.121. The zero-order chi connectivity index (χ0) is 12.1. The van der Waals surface area contributed by atoms with Crippen molar-refractivity contribution in [2.24, 2.45) is 0 Å². The molecule has 0 aliphatic heterocycles. The standard InChI is InChI=1S/C10H15N3O2S/c1-3-13(6-8(14)12-2)10(15)9-7(11)4-5-16-9/h4-5H,3,6,11H2,1-2H3,(H,12,14). The number of thiophene rings is 1. The SMILES string of the molecule is CCN(CC(=O)NC)C(=O)c1sccc1N. The predicted octanol–water partition coefficient (Wildman–Crippen LogP) is 0.538. The molecule has 5 nitrogen and oxygen atoms in total. The lowest BCUT2D eigenvalue weighted by Crippen LogP contribution is -2.39. The molecule has 1 rings (SSSR count). The van der Waals surface area contributed by atoms with Gasteiger partial charge in [-0.2, -0.15) is 0 Å². The van der Waals surface area contributed by atoms with Crippen molar-refractivity contribution in [1.82, 2.24) is 10.2 Å². The lowest BCUT2D eigenvalue weighted by Gasteiger charge is -2.19. The minimum Gasteiger partial charge on any atom is -0.397 e. The quantitative estimate of drug-likeness (QED) is 0.807. The van der Waals surface area contributed by atoms with E-state index in [1.54, 1.807) is 18.5 Å². The Morgan fingerprint density at radius 2 is 2.25 bits per heavy atom. The van der Waals surface area contributed by atoms with Crippen molar-refractivity contribution in [2.75, 3.05) is 25.9 Å². The molecule has 1 aromatic rings. The van der Waals surface area contributed by atoms with Crippen molar-refractivity contribution >= 4 is 28.8 Å². The number of nitrogens with zero attached hydrogens (tertiary/aromatic N) is 1. The second-order valence-electron chi connectivity index (χ2n) is 3.20. The Kier molecular flexibility index (Phi) is 4.30. The first-order chi connectivity index (χ1) is 7.60. The van der Waals surface area contributed by atoms with Gasteiger partial charge in [0, 0.05) is 13.6 Å². The van der Waals surface area contributed by atoms with E-state index in [0.29, 0.717) is 17.1 Å². The fourth-order valence-electron chi connectivity index (χ4n) is 1.22. The summed E-state index contributed by atoms with van der Waals surface area (Å²) in [6.07, 6.45) is 0. The van der Waals surface area contributed by atoms with Crippen LogP contribution < -0.4 is 11.1 Å². The highest BCUT2D eigenvalue weighted by Gasteiger charge is 2.19. The van der Waals surface area contributed by atoms with Crippen molar-refractivity contribution in [1.29, 1.82) is 0 Å². The molecule has 6 heteroatoms. The van der Waals surface area contributed by atoms with E-state index >= 15 is 0 Å². The highest BCUT2D eigenvalue weighted by molar-refractivity contribution is 7.12.